The molecule has 104 valence electrons. The van der Waals surface area contributed by atoms with Crippen LogP contribution < -0.4 is 11.1 Å². The lowest BCUT2D eigenvalue weighted by Crippen LogP contribution is -2.19. The van der Waals surface area contributed by atoms with Gasteiger partial charge in [-0.1, -0.05) is 12.1 Å². The molecule has 1 aromatic carbocycles. The molecule has 0 spiro atoms. The van der Waals surface area contributed by atoms with E-state index in [2.05, 4.69) is 17.4 Å². The third-order valence-electron chi connectivity index (χ3n) is 2.89. The highest BCUT2D eigenvalue weighted by Crippen LogP contribution is 2.45. The van der Waals surface area contributed by atoms with Crippen molar-refractivity contribution in [3.63, 3.8) is 0 Å². The second-order valence-corrected chi connectivity index (χ2v) is 7.49. The highest BCUT2D eigenvalue weighted by atomic mass is 32.2. The van der Waals surface area contributed by atoms with Crippen LogP contribution in [0, 0.1) is 0 Å². The lowest BCUT2D eigenvalue weighted by atomic mass is 10.2. The molecule has 1 aliphatic rings. The summed E-state index contributed by atoms with van der Waals surface area (Å²) in [5, 5.41) is 2.95. The van der Waals surface area contributed by atoms with Gasteiger partial charge in [0.05, 0.1) is 4.58 Å². The van der Waals surface area contributed by atoms with E-state index in [-0.39, 0.29) is 11.9 Å². The number of carbonyl (C=O) groups is 1. The normalized spacial score (nSPS) is 17.4. The Kier molecular flexibility index (Phi) is 5.60. The summed E-state index contributed by atoms with van der Waals surface area (Å²) in [6, 6.07) is 8.24. The van der Waals surface area contributed by atoms with E-state index in [0.29, 0.717) is 11.0 Å². The molecule has 19 heavy (non-hydrogen) atoms. The van der Waals surface area contributed by atoms with Crippen molar-refractivity contribution in [2.24, 2.45) is 5.73 Å². The van der Waals surface area contributed by atoms with E-state index in [0.717, 1.165) is 12.1 Å². The van der Waals surface area contributed by atoms with Crippen molar-refractivity contribution in [3.05, 3.63) is 29.8 Å². The quantitative estimate of drug-likeness (QED) is 0.876. The van der Waals surface area contributed by atoms with Gasteiger partial charge < -0.3 is 11.1 Å². The Morgan fingerprint density at radius 1 is 1.47 bits per heavy atom. The Labute approximate surface area is 123 Å². The third-order valence-corrected chi connectivity index (χ3v) is 6.00. The summed E-state index contributed by atoms with van der Waals surface area (Å²) in [6.07, 6.45) is 1.20. The van der Waals surface area contributed by atoms with Crippen LogP contribution in [0.3, 0.4) is 0 Å². The molecule has 1 aliphatic heterocycles. The molecule has 1 fully saturated rings. The maximum absolute atomic E-state index is 11.8. The Morgan fingerprint density at radius 2 is 2.21 bits per heavy atom. The van der Waals surface area contributed by atoms with E-state index in [1.807, 2.05) is 42.6 Å². The Morgan fingerprint density at radius 3 is 2.89 bits per heavy atom. The molecule has 1 unspecified atom stereocenters. The van der Waals surface area contributed by atoms with Gasteiger partial charge in [-0.05, 0) is 31.0 Å². The molecule has 3 N–H and O–H groups in total. The van der Waals surface area contributed by atoms with Crippen molar-refractivity contribution in [3.8, 4) is 0 Å². The first-order valence-corrected chi connectivity index (χ1v) is 8.63. The molecule has 1 aromatic rings. The molecule has 1 heterocycles. The van der Waals surface area contributed by atoms with Crippen LogP contribution in [0.4, 0.5) is 5.69 Å². The first kappa shape index (κ1) is 14.8. The van der Waals surface area contributed by atoms with E-state index in [1.54, 1.807) is 0 Å². The number of anilines is 1. The SMILES string of the molecule is CC(N)CCC(=O)Nc1cccc(C2SCCS2)c1. The van der Waals surface area contributed by atoms with E-state index < -0.39 is 0 Å². The number of rotatable bonds is 5. The fourth-order valence-electron chi connectivity index (χ4n) is 1.90. The summed E-state index contributed by atoms with van der Waals surface area (Å²) in [4.78, 5) is 11.8. The average molecular weight is 296 g/mol. The van der Waals surface area contributed by atoms with Crippen molar-refractivity contribution in [1.29, 1.82) is 0 Å². The summed E-state index contributed by atoms with van der Waals surface area (Å²) in [6.45, 7) is 1.92. The second-order valence-electron chi connectivity index (χ2n) is 4.76. The van der Waals surface area contributed by atoms with E-state index in [9.17, 15) is 4.79 Å². The van der Waals surface area contributed by atoms with Crippen LogP contribution in [0.1, 0.15) is 29.9 Å². The number of amides is 1. The number of hydrogen-bond donors (Lipinski definition) is 2. The van der Waals surface area contributed by atoms with Crippen LogP contribution in [0.25, 0.3) is 0 Å². The van der Waals surface area contributed by atoms with Gasteiger partial charge in [-0.15, -0.1) is 23.5 Å². The maximum Gasteiger partial charge on any atom is 0.224 e. The highest BCUT2D eigenvalue weighted by molar-refractivity contribution is 8.19. The van der Waals surface area contributed by atoms with Gasteiger partial charge in [0.25, 0.3) is 0 Å². The van der Waals surface area contributed by atoms with Gasteiger partial charge >= 0.3 is 0 Å². The van der Waals surface area contributed by atoms with Crippen LogP contribution in [0.15, 0.2) is 24.3 Å². The topological polar surface area (TPSA) is 55.1 Å². The van der Waals surface area contributed by atoms with Crippen LogP contribution in [-0.4, -0.2) is 23.5 Å². The molecule has 1 saturated heterocycles. The van der Waals surface area contributed by atoms with Gasteiger partial charge in [0.1, 0.15) is 0 Å². The van der Waals surface area contributed by atoms with Crippen molar-refractivity contribution < 1.29 is 4.79 Å². The number of carbonyl (C=O) groups excluding carboxylic acids is 1. The zero-order valence-electron chi connectivity index (χ0n) is 11.1. The minimum atomic E-state index is 0.0428. The molecule has 2 rings (SSSR count). The van der Waals surface area contributed by atoms with E-state index >= 15 is 0 Å². The summed E-state index contributed by atoms with van der Waals surface area (Å²) < 4.78 is 0.515. The van der Waals surface area contributed by atoms with Crippen molar-refractivity contribution in [1.82, 2.24) is 0 Å². The van der Waals surface area contributed by atoms with Crippen molar-refractivity contribution in [2.45, 2.75) is 30.4 Å². The van der Waals surface area contributed by atoms with Crippen LogP contribution in [-0.2, 0) is 4.79 Å². The lowest BCUT2D eigenvalue weighted by Gasteiger charge is -2.11. The lowest BCUT2D eigenvalue weighted by molar-refractivity contribution is -0.116. The number of nitrogens with one attached hydrogen (secondary N) is 1. The van der Waals surface area contributed by atoms with Gasteiger partial charge in [0.2, 0.25) is 5.91 Å². The highest BCUT2D eigenvalue weighted by Gasteiger charge is 2.18. The molecule has 0 aliphatic carbocycles. The van der Waals surface area contributed by atoms with Crippen molar-refractivity contribution >= 4 is 35.1 Å². The first-order chi connectivity index (χ1) is 9.15. The molecular formula is C14H20N2OS2. The summed E-state index contributed by atoms with van der Waals surface area (Å²) >= 11 is 3.94. The van der Waals surface area contributed by atoms with Gasteiger partial charge in [-0.25, -0.2) is 0 Å². The van der Waals surface area contributed by atoms with Crippen LogP contribution in [0.5, 0.6) is 0 Å². The van der Waals surface area contributed by atoms with Gasteiger partial charge in [0, 0.05) is 29.7 Å². The Bertz CT molecular complexity index is 431. The molecule has 0 radical (unpaired) electrons. The second kappa shape index (κ2) is 7.22. The summed E-state index contributed by atoms with van der Waals surface area (Å²) in [7, 11) is 0. The fraction of sp³-hybridized carbons (Fsp3) is 0.500. The summed E-state index contributed by atoms with van der Waals surface area (Å²) in [5.41, 5.74) is 7.83. The number of thioether (sulfide) groups is 2. The predicted octanol–water partition coefficient (Wildman–Crippen LogP) is 3.23. The fourth-order valence-corrected chi connectivity index (χ4v) is 4.73. The Hall–Kier alpha value is -0.650. The minimum absolute atomic E-state index is 0.0428. The summed E-state index contributed by atoms with van der Waals surface area (Å²) in [5.74, 6) is 2.46. The third kappa shape index (κ3) is 4.75. The molecule has 0 saturated carbocycles. The number of benzene rings is 1. The van der Waals surface area contributed by atoms with Crippen LogP contribution in [0.2, 0.25) is 0 Å². The monoisotopic (exact) mass is 296 g/mol. The molecule has 1 amide bonds. The molecule has 1 atom stereocenters. The molecule has 5 heteroatoms. The number of nitrogens with two attached hydrogens (primary N) is 1. The largest absolute Gasteiger partial charge is 0.328 e. The first-order valence-electron chi connectivity index (χ1n) is 6.54. The molecule has 0 bridgehead atoms. The number of hydrogen-bond acceptors (Lipinski definition) is 4. The Balaban J connectivity index is 1.93. The predicted molar refractivity (Wildman–Crippen MR) is 85.6 cm³/mol. The standard InChI is InChI=1S/C14H20N2OS2/c1-10(15)5-6-13(17)16-12-4-2-3-11(9-12)14-18-7-8-19-14/h2-4,9-10,14H,5-8,15H2,1H3,(H,16,17). The van der Waals surface area contributed by atoms with Crippen LogP contribution >= 0.6 is 23.5 Å². The zero-order chi connectivity index (χ0) is 13.7. The smallest absolute Gasteiger partial charge is 0.224 e. The molecular weight excluding hydrogens is 276 g/mol. The minimum Gasteiger partial charge on any atom is -0.328 e. The van der Waals surface area contributed by atoms with E-state index in [4.69, 9.17) is 5.73 Å². The van der Waals surface area contributed by atoms with Gasteiger partial charge in [-0.2, -0.15) is 0 Å². The van der Waals surface area contributed by atoms with E-state index in [1.165, 1.54) is 17.1 Å². The molecule has 3 nitrogen and oxygen atoms in total. The van der Waals surface area contributed by atoms with Crippen molar-refractivity contribution in [2.75, 3.05) is 16.8 Å². The average Bonchev–Trinajstić information content (AvgIpc) is 2.90. The maximum atomic E-state index is 11.8. The van der Waals surface area contributed by atoms with Gasteiger partial charge in [-0.3, -0.25) is 4.79 Å². The zero-order valence-corrected chi connectivity index (χ0v) is 12.7. The molecule has 0 aromatic heterocycles. The van der Waals surface area contributed by atoms with Gasteiger partial charge in [0.15, 0.2) is 0 Å².